The van der Waals surface area contributed by atoms with E-state index in [1.54, 1.807) is 0 Å². The van der Waals surface area contributed by atoms with Crippen LogP contribution in [0.2, 0.25) is 0 Å². The van der Waals surface area contributed by atoms with E-state index in [1.807, 2.05) is 31.2 Å². The van der Waals surface area contributed by atoms with Gasteiger partial charge in [-0.2, -0.15) is 0 Å². The monoisotopic (exact) mass is 325 g/mol. The van der Waals surface area contributed by atoms with Crippen molar-refractivity contribution in [3.8, 4) is 0 Å². The number of Topliss-reactive ketones (excluding diaryl/α,β-unsaturated/α-hetero) is 1. The van der Waals surface area contributed by atoms with Gasteiger partial charge < -0.3 is 5.11 Å². The highest BCUT2D eigenvalue weighted by Crippen LogP contribution is 2.21. The highest BCUT2D eigenvalue weighted by atomic mass is 79.9. The molecule has 1 N–H and O–H groups in total. The molecular formula is C15H20BrNO2. The fourth-order valence-corrected chi connectivity index (χ4v) is 2.67. The third-order valence-corrected chi connectivity index (χ3v) is 4.22. The van der Waals surface area contributed by atoms with Gasteiger partial charge in [-0.1, -0.05) is 28.1 Å². The number of benzene rings is 1. The van der Waals surface area contributed by atoms with E-state index in [2.05, 4.69) is 20.8 Å². The Kier molecular flexibility index (Phi) is 4.76. The van der Waals surface area contributed by atoms with Gasteiger partial charge in [0.2, 0.25) is 0 Å². The van der Waals surface area contributed by atoms with E-state index >= 15 is 0 Å². The number of hydrogen-bond acceptors (Lipinski definition) is 3. The van der Waals surface area contributed by atoms with E-state index in [-0.39, 0.29) is 5.78 Å². The number of carbonyl (C=O) groups excluding carboxylic acids is 1. The van der Waals surface area contributed by atoms with Gasteiger partial charge in [-0.25, -0.2) is 0 Å². The summed E-state index contributed by atoms with van der Waals surface area (Å²) in [5.41, 5.74) is 0.175. The third kappa shape index (κ3) is 4.41. The average molecular weight is 326 g/mol. The zero-order valence-corrected chi connectivity index (χ0v) is 12.8. The van der Waals surface area contributed by atoms with E-state index in [0.29, 0.717) is 6.54 Å². The van der Waals surface area contributed by atoms with Gasteiger partial charge in [0.15, 0.2) is 5.78 Å². The summed E-state index contributed by atoms with van der Waals surface area (Å²) < 4.78 is 0.981. The number of aliphatic hydroxyl groups is 1. The van der Waals surface area contributed by atoms with Crippen LogP contribution in [-0.4, -0.2) is 41.0 Å². The second kappa shape index (κ2) is 6.16. The molecule has 1 aromatic rings. The number of rotatable bonds is 3. The number of nitrogens with zero attached hydrogens (tertiary/aromatic N) is 1. The second-order valence-corrected chi connectivity index (χ2v) is 6.47. The fraction of sp³-hybridized carbons (Fsp3) is 0.533. The minimum Gasteiger partial charge on any atom is -0.390 e. The normalized spacial score (nSPS) is 25.0. The summed E-state index contributed by atoms with van der Waals surface area (Å²) >= 11 is 3.37. The third-order valence-electron chi connectivity index (χ3n) is 3.69. The van der Waals surface area contributed by atoms with Crippen molar-refractivity contribution in [2.45, 2.75) is 31.8 Å². The summed E-state index contributed by atoms with van der Waals surface area (Å²) in [6.07, 6.45) is 2.50. The molecule has 19 heavy (non-hydrogen) atoms. The predicted molar refractivity (Wildman–Crippen MR) is 79.4 cm³/mol. The molecule has 0 saturated carbocycles. The number of carbonyl (C=O) groups is 1. The molecule has 1 aliphatic heterocycles. The van der Waals surface area contributed by atoms with Crippen LogP contribution in [0.1, 0.15) is 36.5 Å². The quantitative estimate of drug-likeness (QED) is 0.869. The highest BCUT2D eigenvalue weighted by Gasteiger charge is 2.25. The lowest BCUT2D eigenvalue weighted by atomic mass is 9.98. The zero-order valence-electron chi connectivity index (χ0n) is 11.2. The maximum Gasteiger partial charge on any atom is 0.176 e. The molecule has 1 atom stereocenters. The summed E-state index contributed by atoms with van der Waals surface area (Å²) in [5.74, 6) is 0.147. The number of likely N-dealkylation sites (tertiary alicyclic amines) is 1. The van der Waals surface area contributed by atoms with Crippen LogP contribution in [0.3, 0.4) is 0 Å². The van der Waals surface area contributed by atoms with Crippen molar-refractivity contribution in [3.05, 3.63) is 34.3 Å². The van der Waals surface area contributed by atoms with Crippen molar-refractivity contribution in [3.63, 3.8) is 0 Å². The Bertz CT molecular complexity index is 442. The van der Waals surface area contributed by atoms with Gasteiger partial charge in [0.05, 0.1) is 12.1 Å². The summed E-state index contributed by atoms with van der Waals surface area (Å²) in [6.45, 7) is 4.00. The molecule has 1 aliphatic rings. The minimum absolute atomic E-state index is 0.147. The zero-order chi connectivity index (χ0) is 13.9. The van der Waals surface area contributed by atoms with Crippen LogP contribution in [0.5, 0.6) is 0 Å². The van der Waals surface area contributed by atoms with Gasteiger partial charge >= 0.3 is 0 Å². The van der Waals surface area contributed by atoms with E-state index in [1.165, 1.54) is 0 Å². The molecule has 0 amide bonds. The largest absolute Gasteiger partial charge is 0.390 e. The maximum absolute atomic E-state index is 12.2. The van der Waals surface area contributed by atoms with Crippen LogP contribution >= 0.6 is 15.9 Å². The molecule has 0 aromatic heterocycles. The second-order valence-electron chi connectivity index (χ2n) is 5.56. The van der Waals surface area contributed by atoms with Crippen molar-refractivity contribution in [2.24, 2.45) is 0 Å². The smallest absolute Gasteiger partial charge is 0.176 e. The Balaban J connectivity index is 1.93. The maximum atomic E-state index is 12.2. The topological polar surface area (TPSA) is 40.5 Å². The fourth-order valence-electron chi connectivity index (χ4n) is 2.41. The number of halogens is 1. The summed E-state index contributed by atoms with van der Waals surface area (Å²) in [5, 5.41) is 10.0. The molecule has 1 saturated heterocycles. The van der Waals surface area contributed by atoms with Crippen LogP contribution in [0.25, 0.3) is 0 Å². The van der Waals surface area contributed by atoms with E-state index in [4.69, 9.17) is 0 Å². The van der Waals surface area contributed by atoms with Crippen LogP contribution in [0.15, 0.2) is 28.7 Å². The summed E-state index contributed by atoms with van der Waals surface area (Å²) in [7, 11) is 0. The van der Waals surface area contributed by atoms with Crippen molar-refractivity contribution in [2.75, 3.05) is 19.6 Å². The van der Waals surface area contributed by atoms with Gasteiger partial charge in [-0.05, 0) is 44.9 Å². The minimum atomic E-state index is -0.574. The predicted octanol–water partition coefficient (Wildman–Crippen LogP) is 2.87. The molecule has 0 radical (unpaired) electrons. The first-order valence-electron chi connectivity index (χ1n) is 6.70. The van der Waals surface area contributed by atoms with E-state index in [0.717, 1.165) is 42.4 Å². The Morgan fingerprint density at radius 2 is 2.00 bits per heavy atom. The lowest BCUT2D eigenvalue weighted by Gasteiger charge is -2.21. The molecule has 3 nitrogen and oxygen atoms in total. The lowest BCUT2D eigenvalue weighted by molar-refractivity contribution is 0.0444. The Morgan fingerprint density at radius 3 is 2.68 bits per heavy atom. The molecule has 104 valence electrons. The average Bonchev–Trinajstić information content (AvgIpc) is 2.52. The first-order chi connectivity index (χ1) is 8.96. The van der Waals surface area contributed by atoms with E-state index in [9.17, 15) is 9.90 Å². The van der Waals surface area contributed by atoms with Crippen LogP contribution < -0.4 is 0 Å². The molecule has 0 spiro atoms. The molecular weight excluding hydrogens is 306 g/mol. The highest BCUT2D eigenvalue weighted by molar-refractivity contribution is 9.10. The Hall–Kier alpha value is -0.710. The lowest BCUT2D eigenvalue weighted by Crippen LogP contribution is -2.32. The number of ketones is 1. The van der Waals surface area contributed by atoms with Crippen LogP contribution in [0, 0.1) is 0 Å². The molecule has 1 fully saturated rings. The van der Waals surface area contributed by atoms with Crippen molar-refractivity contribution >= 4 is 21.7 Å². The standard InChI is InChI=1S/C15H20BrNO2/c1-15(19)7-2-9-17(10-8-15)11-14(18)12-3-5-13(16)6-4-12/h3-6,19H,2,7-11H2,1H3. The molecule has 4 heteroatoms. The first kappa shape index (κ1) is 14.7. The van der Waals surface area contributed by atoms with Crippen molar-refractivity contribution in [1.29, 1.82) is 0 Å². The molecule has 0 aliphatic carbocycles. The Morgan fingerprint density at radius 1 is 1.32 bits per heavy atom. The molecule has 1 aromatic carbocycles. The van der Waals surface area contributed by atoms with Crippen LogP contribution in [-0.2, 0) is 0 Å². The van der Waals surface area contributed by atoms with Gasteiger partial charge in [0.1, 0.15) is 0 Å². The van der Waals surface area contributed by atoms with Crippen LogP contribution in [0.4, 0.5) is 0 Å². The van der Waals surface area contributed by atoms with Gasteiger partial charge in [-0.3, -0.25) is 9.69 Å². The first-order valence-corrected chi connectivity index (χ1v) is 7.49. The summed E-state index contributed by atoms with van der Waals surface area (Å²) in [6, 6.07) is 7.47. The summed E-state index contributed by atoms with van der Waals surface area (Å²) in [4.78, 5) is 14.3. The van der Waals surface area contributed by atoms with E-state index < -0.39 is 5.60 Å². The Labute approximate surface area is 122 Å². The van der Waals surface area contributed by atoms with Crippen molar-refractivity contribution < 1.29 is 9.90 Å². The molecule has 2 rings (SSSR count). The SMILES string of the molecule is CC1(O)CCCN(CC(=O)c2ccc(Br)cc2)CC1. The number of hydrogen-bond donors (Lipinski definition) is 1. The van der Waals surface area contributed by atoms with Gasteiger partial charge in [0.25, 0.3) is 0 Å². The molecule has 0 bridgehead atoms. The van der Waals surface area contributed by atoms with Crippen molar-refractivity contribution in [1.82, 2.24) is 4.90 Å². The molecule has 1 unspecified atom stereocenters. The van der Waals surface area contributed by atoms with Gasteiger partial charge in [-0.15, -0.1) is 0 Å². The molecule has 1 heterocycles. The van der Waals surface area contributed by atoms with Gasteiger partial charge in [0, 0.05) is 16.6 Å².